The molecule has 4 heteroatoms. The van der Waals surface area contributed by atoms with E-state index in [1.807, 2.05) is 30.3 Å². The summed E-state index contributed by atoms with van der Waals surface area (Å²) in [6.45, 7) is 12.9. The minimum Gasteiger partial charge on any atom is -0.417 e. The van der Waals surface area contributed by atoms with Gasteiger partial charge < -0.3 is 14.3 Å². The molecule has 1 rings (SSSR count). The average Bonchev–Trinajstić information content (AvgIpc) is 2.43. The van der Waals surface area contributed by atoms with Crippen LogP contribution in [-0.2, 0) is 15.8 Å². The Morgan fingerprint density at radius 3 is 2.36 bits per heavy atom. The molecule has 0 aliphatic carbocycles. The Hall–Kier alpha value is -0.683. The molecule has 1 atom stereocenters. The third-order valence-corrected chi connectivity index (χ3v) is 8.91. The number of aliphatic hydroxyl groups excluding tert-OH is 1. The van der Waals surface area contributed by atoms with Gasteiger partial charge in [-0.3, -0.25) is 0 Å². The quantitative estimate of drug-likeness (QED) is 0.541. The van der Waals surface area contributed by atoms with Gasteiger partial charge in [-0.25, -0.2) is 0 Å². The first-order chi connectivity index (χ1) is 10.2. The lowest BCUT2D eigenvalue weighted by atomic mass is 10.2. The van der Waals surface area contributed by atoms with Gasteiger partial charge in [-0.15, -0.1) is 0 Å². The maximum atomic E-state index is 9.95. The lowest BCUT2D eigenvalue weighted by molar-refractivity contribution is 0.0218. The minimum absolute atomic E-state index is 0.240. The first-order valence-corrected chi connectivity index (χ1v) is 11.1. The van der Waals surface area contributed by atoms with Gasteiger partial charge in [0.1, 0.15) is 0 Å². The Morgan fingerprint density at radius 1 is 1.14 bits per heavy atom. The Kier molecular flexibility index (Phi) is 7.76. The normalized spacial score (nSPS) is 14.1. The number of hydrogen-bond donors (Lipinski definition) is 1. The minimum atomic E-state index is -1.66. The summed E-state index contributed by atoms with van der Waals surface area (Å²) >= 11 is 0. The third kappa shape index (κ3) is 7.05. The Morgan fingerprint density at radius 2 is 1.77 bits per heavy atom. The van der Waals surface area contributed by atoms with Gasteiger partial charge in [-0.2, -0.15) is 0 Å². The van der Waals surface area contributed by atoms with Crippen LogP contribution in [0.4, 0.5) is 0 Å². The number of rotatable bonds is 9. The topological polar surface area (TPSA) is 38.7 Å². The van der Waals surface area contributed by atoms with Crippen molar-refractivity contribution in [2.45, 2.75) is 64.5 Å². The second-order valence-corrected chi connectivity index (χ2v) is 12.2. The molecule has 126 valence electrons. The molecule has 0 unspecified atom stereocenters. The fraction of sp³-hybridized carbons (Fsp3) is 0.667. The predicted molar refractivity (Wildman–Crippen MR) is 94.5 cm³/mol. The second kappa shape index (κ2) is 8.82. The van der Waals surface area contributed by atoms with Gasteiger partial charge in [-0.1, -0.05) is 51.1 Å². The molecular formula is C18H32O3Si. The molecular weight excluding hydrogens is 292 g/mol. The Labute approximate surface area is 136 Å². The van der Waals surface area contributed by atoms with Crippen LogP contribution in [0.25, 0.3) is 0 Å². The summed E-state index contributed by atoms with van der Waals surface area (Å²) in [6.07, 6.45) is 1.19. The molecule has 0 aliphatic rings. The van der Waals surface area contributed by atoms with E-state index >= 15 is 0 Å². The molecule has 0 fully saturated rings. The van der Waals surface area contributed by atoms with Crippen LogP contribution in [0.3, 0.4) is 0 Å². The third-order valence-electron chi connectivity index (χ3n) is 4.37. The largest absolute Gasteiger partial charge is 0.417 e. The molecule has 0 amide bonds. The van der Waals surface area contributed by atoms with Crippen molar-refractivity contribution < 1.29 is 14.3 Å². The smallest absolute Gasteiger partial charge is 0.191 e. The summed E-state index contributed by atoms with van der Waals surface area (Å²) in [6, 6.07) is 10.0. The maximum Gasteiger partial charge on any atom is 0.191 e. The molecule has 0 spiro atoms. The highest BCUT2D eigenvalue weighted by Crippen LogP contribution is 2.36. The number of aliphatic hydroxyl groups is 1. The van der Waals surface area contributed by atoms with E-state index in [-0.39, 0.29) is 5.04 Å². The van der Waals surface area contributed by atoms with E-state index in [0.717, 1.165) is 25.0 Å². The molecule has 0 radical (unpaired) electrons. The molecule has 0 aliphatic heterocycles. The number of benzene rings is 1. The molecule has 1 aromatic rings. The molecule has 0 aromatic heterocycles. The van der Waals surface area contributed by atoms with E-state index in [2.05, 4.69) is 33.9 Å². The van der Waals surface area contributed by atoms with Crippen molar-refractivity contribution in [3.8, 4) is 0 Å². The highest BCUT2D eigenvalue weighted by atomic mass is 28.4. The van der Waals surface area contributed by atoms with Crippen molar-refractivity contribution in [2.75, 3.05) is 13.2 Å². The van der Waals surface area contributed by atoms with Gasteiger partial charge in [0, 0.05) is 6.61 Å². The lowest BCUT2D eigenvalue weighted by Crippen LogP contribution is -2.41. The Balaban J connectivity index is 2.12. The number of hydrogen-bond acceptors (Lipinski definition) is 3. The molecule has 1 N–H and O–H groups in total. The molecule has 0 heterocycles. The van der Waals surface area contributed by atoms with Crippen molar-refractivity contribution in [3.63, 3.8) is 0 Å². The summed E-state index contributed by atoms with van der Waals surface area (Å²) in [5, 5.41) is 10.2. The van der Waals surface area contributed by atoms with E-state index in [1.54, 1.807) is 0 Å². The molecule has 3 nitrogen and oxygen atoms in total. The van der Waals surface area contributed by atoms with Crippen molar-refractivity contribution >= 4 is 8.32 Å². The second-order valence-electron chi connectivity index (χ2n) is 7.41. The summed E-state index contributed by atoms with van der Waals surface area (Å²) in [4.78, 5) is 0. The SMILES string of the molecule is CC(C)(C)[Si](C)(C)OCCC[C@@H](O)COCc1ccccc1. The van der Waals surface area contributed by atoms with Gasteiger partial charge in [0.2, 0.25) is 0 Å². The zero-order valence-electron chi connectivity index (χ0n) is 14.8. The first kappa shape index (κ1) is 19.4. The van der Waals surface area contributed by atoms with E-state index in [4.69, 9.17) is 9.16 Å². The fourth-order valence-electron chi connectivity index (χ4n) is 1.83. The Bertz CT molecular complexity index is 412. The van der Waals surface area contributed by atoms with Crippen molar-refractivity contribution in [2.24, 2.45) is 0 Å². The summed E-state index contributed by atoms with van der Waals surface area (Å²) in [5.74, 6) is 0. The van der Waals surface area contributed by atoms with Crippen LogP contribution >= 0.6 is 0 Å². The maximum absolute atomic E-state index is 9.95. The van der Waals surface area contributed by atoms with Crippen molar-refractivity contribution in [1.29, 1.82) is 0 Å². The van der Waals surface area contributed by atoms with Crippen LogP contribution in [0, 0.1) is 0 Å². The average molecular weight is 325 g/mol. The first-order valence-electron chi connectivity index (χ1n) is 8.16. The van der Waals surface area contributed by atoms with Gasteiger partial charge in [-0.05, 0) is 36.5 Å². The monoisotopic (exact) mass is 324 g/mol. The van der Waals surface area contributed by atoms with Crippen molar-refractivity contribution in [3.05, 3.63) is 35.9 Å². The van der Waals surface area contributed by atoms with Crippen molar-refractivity contribution in [1.82, 2.24) is 0 Å². The lowest BCUT2D eigenvalue weighted by Gasteiger charge is -2.36. The van der Waals surface area contributed by atoms with Crippen LogP contribution in [0.15, 0.2) is 30.3 Å². The molecule has 0 saturated carbocycles. The van der Waals surface area contributed by atoms with Crippen LogP contribution < -0.4 is 0 Å². The molecule has 1 aromatic carbocycles. The molecule has 0 saturated heterocycles. The zero-order valence-corrected chi connectivity index (χ0v) is 15.8. The molecule has 0 bridgehead atoms. The highest BCUT2D eigenvalue weighted by molar-refractivity contribution is 6.74. The van der Waals surface area contributed by atoms with E-state index < -0.39 is 14.4 Å². The molecule has 22 heavy (non-hydrogen) atoms. The van der Waals surface area contributed by atoms with E-state index in [0.29, 0.717) is 13.2 Å². The van der Waals surface area contributed by atoms with Gasteiger partial charge in [0.25, 0.3) is 0 Å². The standard InChI is InChI=1S/C18H32O3Si/c1-18(2,3)22(4,5)21-13-9-12-17(19)15-20-14-16-10-7-6-8-11-16/h6-8,10-11,17,19H,9,12-15H2,1-5H3/t17-/m1/s1. The summed E-state index contributed by atoms with van der Waals surface area (Å²) < 4.78 is 11.7. The van der Waals surface area contributed by atoms with Crippen LogP contribution in [-0.4, -0.2) is 32.7 Å². The number of ether oxygens (including phenoxy) is 1. The fourth-order valence-corrected chi connectivity index (χ4v) is 2.92. The van der Waals surface area contributed by atoms with E-state index in [9.17, 15) is 5.11 Å². The zero-order chi connectivity index (χ0) is 16.6. The van der Waals surface area contributed by atoms with Crippen LogP contribution in [0.1, 0.15) is 39.2 Å². The predicted octanol–water partition coefficient (Wildman–Crippen LogP) is 4.37. The summed E-state index contributed by atoms with van der Waals surface area (Å²) in [7, 11) is -1.66. The summed E-state index contributed by atoms with van der Waals surface area (Å²) in [5.41, 5.74) is 1.14. The van der Waals surface area contributed by atoms with E-state index in [1.165, 1.54) is 0 Å². The highest BCUT2D eigenvalue weighted by Gasteiger charge is 2.36. The van der Waals surface area contributed by atoms with Gasteiger partial charge in [0.05, 0.1) is 19.3 Å². The van der Waals surface area contributed by atoms with Crippen LogP contribution in [0.2, 0.25) is 18.1 Å². The van der Waals surface area contributed by atoms with Gasteiger partial charge in [0.15, 0.2) is 8.32 Å². The van der Waals surface area contributed by atoms with Gasteiger partial charge >= 0.3 is 0 Å². The van der Waals surface area contributed by atoms with Crippen LogP contribution in [0.5, 0.6) is 0 Å².